The molecule has 0 saturated carbocycles. The summed E-state index contributed by atoms with van der Waals surface area (Å²) in [6.45, 7) is 9.46. The Balaban J connectivity index is 1.44. The Kier molecular flexibility index (Phi) is 4.17. The molecule has 140 valence electrons. The first-order valence-corrected chi connectivity index (χ1v) is 9.14. The van der Waals surface area contributed by atoms with E-state index in [1.807, 2.05) is 48.5 Å². The molecule has 27 heavy (non-hydrogen) atoms. The van der Waals surface area contributed by atoms with E-state index in [0.717, 1.165) is 22.6 Å². The van der Waals surface area contributed by atoms with E-state index < -0.39 is 0 Å². The van der Waals surface area contributed by atoms with Crippen molar-refractivity contribution in [2.45, 2.75) is 38.8 Å². The maximum atomic E-state index is 5.93. The molecule has 0 aliphatic carbocycles. The Morgan fingerprint density at radius 1 is 0.667 bits per heavy atom. The van der Waals surface area contributed by atoms with E-state index in [0.29, 0.717) is 25.0 Å². The van der Waals surface area contributed by atoms with Crippen molar-refractivity contribution >= 4 is 11.8 Å². The van der Waals surface area contributed by atoms with Crippen molar-refractivity contribution < 1.29 is 14.2 Å². The summed E-state index contributed by atoms with van der Waals surface area (Å²) in [6, 6.07) is 15.6. The third-order valence-corrected chi connectivity index (χ3v) is 4.37. The summed E-state index contributed by atoms with van der Waals surface area (Å²) < 4.78 is 17.3. The zero-order valence-electron chi connectivity index (χ0n) is 16.2. The number of aliphatic imine (C=N–C) groups is 2. The first-order valence-electron chi connectivity index (χ1n) is 9.14. The van der Waals surface area contributed by atoms with E-state index >= 15 is 0 Å². The first-order chi connectivity index (χ1) is 12.8. The number of nitrogens with zero attached hydrogens (tertiary/aromatic N) is 2. The van der Waals surface area contributed by atoms with Crippen molar-refractivity contribution in [3.63, 3.8) is 0 Å². The fourth-order valence-corrected chi connectivity index (χ4v) is 2.93. The fraction of sp³-hybridized carbons (Fsp3) is 0.364. The number of ether oxygens (including phenoxy) is 3. The molecule has 5 heteroatoms. The normalized spacial score (nSPS) is 19.7. The SMILES string of the molecule is CC1(C)COC(c2ccc(Oc3ccc(C4=NC(C)(C)CO4)cc3)cc2)=N1. The zero-order valence-corrected chi connectivity index (χ0v) is 16.2. The maximum absolute atomic E-state index is 5.93. The fourth-order valence-electron chi connectivity index (χ4n) is 2.93. The van der Waals surface area contributed by atoms with Crippen LogP contribution in [0.25, 0.3) is 0 Å². The van der Waals surface area contributed by atoms with E-state index in [1.165, 1.54) is 0 Å². The van der Waals surface area contributed by atoms with Gasteiger partial charge in [0.1, 0.15) is 24.7 Å². The minimum atomic E-state index is -0.158. The Bertz CT molecular complexity index is 819. The Morgan fingerprint density at radius 2 is 1.04 bits per heavy atom. The summed E-state index contributed by atoms with van der Waals surface area (Å²) in [5.41, 5.74) is 1.61. The van der Waals surface area contributed by atoms with Crippen molar-refractivity contribution in [3.05, 3.63) is 59.7 Å². The summed E-state index contributed by atoms with van der Waals surface area (Å²) in [5, 5.41) is 0. The van der Waals surface area contributed by atoms with Gasteiger partial charge in [-0.25, -0.2) is 9.98 Å². The highest BCUT2D eigenvalue weighted by Crippen LogP contribution is 2.26. The predicted octanol–water partition coefficient (Wildman–Crippen LogP) is 4.59. The smallest absolute Gasteiger partial charge is 0.216 e. The molecule has 0 saturated heterocycles. The molecule has 2 heterocycles. The van der Waals surface area contributed by atoms with Crippen molar-refractivity contribution in [2.24, 2.45) is 9.98 Å². The summed E-state index contributed by atoms with van der Waals surface area (Å²) in [6.07, 6.45) is 0. The van der Waals surface area contributed by atoms with Crippen LogP contribution in [0.4, 0.5) is 0 Å². The van der Waals surface area contributed by atoms with Crippen molar-refractivity contribution in [1.29, 1.82) is 0 Å². The van der Waals surface area contributed by atoms with Gasteiger partial charge in [0.25, 0.3) is 0 Å². The average Bonchev–Trinajstić information content (AvgIpc) is 3.18. The lowest BCUT2D eigenvalue weighted by Crippen LogP contribution is -2.17. The molecule has 0 radical (unpaired) electrons. The van der Waals surface area contributed by atoms with Gasteiger partial charge in [0.2, 0.25) is 11.8 Å². The van der Waals surface area contributed by atoms with Gasteiger partial charge in [-0.3, -0.25) is 0 Å². The molecule has 0 fully saturated rings. The van der Waals surface area contributed by atoms with Gasteiger partial charge in [-0.15, -0.1) is 0 Å². The van der Waals surface area contributed by atoms with Crippen LogP contribution < -0.4 is 4.74 Å². The van der Waals surface area contributed by atoms with Gasteiger partial charge in [-0.2, -0.15) is 0 Å². The van der Waals surface area contributed by atoms with Gasteiger partial charge < -0.3 is 14.2 Å². The van der Waals surface area contributed by atoms with Crippen LogP contribution in [0.15, 0.2) is 58.5 Å². The number of hydrogen-bond acceptors (Lipinski definition) is 5. The third kappa shape index (κ3) is 3.97. The zero-order chi connectivity index (χ0) is 19.1. The molecular weight excluding hydrogens is 340 g/mol. The molecule has 0 atom stereocenters. The van der Waals surface area contributed by atoms with Crippen LogP contribution in [-0.2, 0) is 9.47 Å². The van der Waals surface area contributed by atoms with E-state index in [4.69, 9.17) is 14.2 Å². The second-order valence-corrected chi connectivity index (χ2v) is 8.19. The van der Waals surface area contributed by atoms with Gasteiger partial charge in [0, 0.05) is 11.1 Å². The minimum Gasteiger partial charge on any atom is -0.475 e. The van der Waals surface area contributed by atoms with Gasteiger partial charge in [0.15, 0.2) is 0 Å². The van der Waals surface area contributed by atoms with Crippen LogP contribution >= 0.6 is 0 Å². The van der Waals surface area contributed by atoms with Gasteiger partial charge >= 0.3 is 0 Å². The van der Waals surface area contributed by atoms with Gasteiger partial charge in [-0.1, -0.05) is 0 Å². The number of benzene rings is 2. The van der Waals surface area contributed by atoms with Gasteiger partial charge in [-0.05, 0) is 76.2 Å². The Morgan fingerprint density at radius 3 is 1.33 bits per heavy atom. The van der Waals surface area contributed by atoms with Crippen LogP contribution in [0.1, 0.15) is 38.8 Å². The monoisotopic (exact) mass is 364 g/mol. The topological polar surface area (TPSA) is 52.4 Å². The first kappa shape index (κ1) is 17.6. The maximum Gasteiger partial charge on any atom is 0.216 e. The Labute approximate surface area is 159 Å². The predicted molar refractivity (Wildman–Crippen MR) is 106 cm³/mol. The molecule has 4 rings (SSSR count). The van der Waals surface area contributed by atoms with Gasteiger partial charge in [0.05, 0.1) is 11.1 Å². The molecule has 0 aromatic heterocycles. The minimum absolute atomic E-state index is 0.158. The van der Waals surface area contributed by atoms with Crippen molar-refractivity contribution in [1.82, 2.24) is 0 Å². The summed E-state index contributed by atoms with van der Waals surface area (Å²) in [7, 11) is 0. The quantitative estimate of drug-likeness (QED) is 0.797. The summed E-state index contributed by atoms with van der Waals surface area (Å²) >= 11 is 0. The third-order valence-electron chi connectivity index (χ3n) is 4.37. The largest absolute Gasteiger partial charge is 0.475 e. The summed E-state index contributed by atoms with van der Waals surface area (Å²) in [4.78, 5) is 9.18. The second-order valence-electron chi connectivity index (χ2n) is 8.19. The molecular formula is C22H24N2O3. The molecule has 2 aromatic rings. The summed E-state index contributed by atoms with van der Waals surface area (Å²) in [5.74, 6) is 2.91. The van der Waals surface area contributed by atoms with Crippen LogP contribution in [-0.4, -0.2) is 36.1 Å². The average molecular weight is 364 g/mol. The Hall–Kier alpha value is -2.82. The van der Waals surface area contributed by atoms with Crippen LogP contribution in [0.2, 0.25) is 0 Å². The lowest BCUT2D eigenvalue weighted by molar-refractivity contribution is 0.279. The van der Waals surface area contributed by atoms with Crippen molar-refractivity contribution in [2.75, 3.05) is 13.2 Å². The molecule has 2 aliphatic rings. The number of hydrogen-bond donors (Lipinski definition) is 0. The molecule has 5 nitrogen and oxygen atoms in total. The van der Waals surface area contributed by atoms with E-state index in [9.17, 15) is 0 Å². The van der Waals surface area contributed by atoms with Crippen LogP contribution in [0.5, 0.6) is 11.5 Å². The molecule has 2 aromatic carbocycles. The highest BCUT2D eigenvalue weighted by atomic mass is 16.5. The van der Waals surface area contributed by atoms with Crippen molar-refractivity contribution in [3.8, 4) is 11.5 Å². The van der Waals surface area contributed by atoms with Crippen LogP contribution in [0, 0.1) is 0 Å². The lowest BCUT2D eigenvalue weighted by Gasteiger charge is -2.08. The number of rotatable bonds is 4. The van der Waals surface area contributed by atoms with Crippen LogP contribution in [0.3, 0.4) is 0 Å². The highest BCUT2D eigenvalue weighted by molar-refractivity contribution is 5.96. The van der Waals surface area contributed by atoms with E-state index in [-0.39, 0.29) is 11.1 Å². The molecule has 0 spiro atoms. The molecule has 0 bridgehead atoms. The van der Waals surface area contributed by atoms with E-state index in [2.05, 4.69) is 37.7 Å². The standard InChI is InChI=1S/C22H24N2O3/c1-21(2)13-25-19(23-21)15-5-9-17(10-6-15)27-18-11-7-16(8-12-18)20-24-22(3,4)14-26-20/h5-12H,13-14H2,1-4H3. The molecule has 0 unspecified atom stereocenters. The molecule has 2 aliphatic heterocycles. The van der Waals surface area contributed by atoms with E-state index in [1.54, 1.807) is 0 Å². The second kappa shape index (κ2) is 6.41. The molecule has 0 amide bonds. The lowest BCUT2D eigenvalue weighted by atomic mass is 10.1. The highest BCUT2D eigenvalue weighted by Gasteiger charge is 2.27. The molecule has 0 N–H and O–H groups in total.